The molecule has 2 heterocycles. The molecule has 96 valence electrons. The van der Waals surface area contributed by atoms with E-state index < -0.39 is 12.0 Å². The van der Waals surface area contributed by atoms with E-state index in [2.05, 4.69) is 4.98 Å². The maximum Gasteiger partial charge on any atom is 0.327 e. The van der Waals surface area contributed by atoms with Gasteiger partial charge in [0.05, 0.1) is 24.7 Å². The van der Waals surface area contributed by atoms with E-state index in [0.717, 1.165) is 0 Å². The van der Waals surface area contributed by atoms with Gasteiger partial charge in [0.1, 0.15) is 11.8 Å². The standard InChI is InChI=1S/C11H12N2O4S/c1-17-9-4-12-3-2-7(9)10(14)13-6-18-5-8(13)11(15)16/h2-4,8H,5-6H2,1H3,(H,15,16)/t8-/m0/s1. The van der Waals surface area contributed by atoms with Crippen molar-refractivity contribution in [2.24, 2.45) is 0 Å². The van der Waals surface area contributed by atoms with E-state index in [1.165, 1.54) is 42.2 Å². The van der Waals surface area contributed by atoms with E-state index in [9.17, 15) is 9.59 Å². The summed E-state index contributed by atoms with van der Waals surface area (Å²) in [4.78, 5) is 28.5. The first-order valence-electron chi connectivity index (χ1n) is 5.24. The molecule has 0 aliphatic carbocycles. The molecule has 1 saturated heterocycles. The van der Waals surface area contributed by atoms with E-state index >= 15 is 0 Å². The molecule has 0 saturated carbocycles. The summed E-state index contributed by atoms with van der Waals surface area (Å²) in [5, 5.41) is 9.06. The topological polar surface area (TPSA) is 79.7 Å². The van der Waals surface area contributed by atoms with Crippen molar-refractivity contribution in [3.63, 3.8) is 0 Å². The molecule has 1 atom stereocenters. The molecule has 1 aromatic heterocycles. The van der Waals surface area contributed by atoms with Crippen molar-refractivity contribution in [2.75, 3.05) is 18.7 Å². The fourth-order valence-electron chi connectivity index (χ4n) is 1.72. The molecule has 0 bridgehead atoms. The first-order chi connectivity index (χ1) is 8.65. The molecule has 0 unspecified atom stereocenters. The number of hydrogen-bond acceptors (Lipinski definition) is 5. The van der Waals surface area contributed by atoms with Gasteiger partial charge in [-0.15, -0.1) is 11.8 Å². The smallest absolute Gasteiger partial charge is 0.327 e. The number of ether oxygens (including phenoxy) is 1. The lowest BCUT2D eigenvalue weighted by Crippen LogP contribution is -2.41. The predicted molar refractivity (Wildman–Crippen MR) is 65.7 cm³/mol. The number of amides is 1. The Balaban J connectivity index is 2.28. The van der Waals surface area contributed by atoms with E-state index in [4.69, 9.17) is 9.84 Å². The lowest BCUT2D eigenvalue weighted by molar-refractivity contribution is -0.140. The van der Waals surface area contributed by atoms with Crippen LogP contribution in [0.1, 0.15) is 10.4 Å². The van der Waals surface area contributed by atoms with Gasteiger partial charge in [-0.05, 0) is 6.07 Å². The maximum atomic E-state index is 12.3. The summed E-state index contributed by atoms with van der Waals surface area (Å²) in [5.74, 6) is -0.188. The zero-order chi connectivity index (χ0) is 13.1. The third-order valence-corrected chi connectivity index (χ3v) is 3.68. The number of nitrogens with zero attached hydrogens (tertiary/aromatic N) is 2. The number of hydrogen-bond donors (Lipinski definition) is 1. The van der Waals surface area contributed by atoms with Crippen molar-refractivity contribution in [1.82, 2.24) is 9.88 Å². The Morgan fingerprint density at radius 1 is 1.61 bits per heavy atom. The molecule has 0 radical (unpaired) electrons. The summed E-state index contributed by atoms with van der Waals surface area (Å²) in [7, 11) is 1.45. The van der Waals surface area contributed by atoms with Crippen molar-refractivity contribution in [3.8, 4) is 5.75 Å². The minimum Gasteiger partial charge on any atom is -0.494 e. The van der Waals surface area contributed by atoms with Crippen LogP contribution < -0.4 is 4.74 Å². The van der Waals surface area contributed by atoms with Gasteiger partial charge in [-0.2, -0.15) is 0 Å². The van der Waals surface area contributed by atoms with Crippen LogP contribution in [-0.4, -0.2) is 51.6 Å². The van der Waals surface area contributed by atoms with Crippen molar-refractivity contribution in [2.45, 2.75) is 6.04 Å². The van der Waals surface area contributed by atoms with Crippen LogP contribution in [0.15, 0.2) is 18.5 Å². The highest BCUT2D eigenvalue weighted by molar-refractivity contribution is 7.99. The van der Waals surface area contributed by atoms with Gasteiger partial charge < -0.3 is 14.7 Å². The van der Waals surface area contributed by atoms with E-state index in [-0.39, 0.29) is 5.91 Å². The molecular formula is C11H12N2O4S. The number of pyridine rings is 1. The SMILES string of the molecule is COc1cnccc1C(=O)N1CSC[C@H]1C(=O)O. The van der Waals surface area contributed by atoms with Gasteiger partial charge in [-0.3, -0.25) is 9.78 Å². The van der Waals surface area contributed by atoms with Crippen LogP contribution in [0.4, 0.5) is 0 Å². The first-order valence-corrected chi connectivity index (χ1v) is 6.40. The molecule has 1 aliphatic heterocycles. The van der Waals surface area contributed by atoms with Crippen LogP contribution >= 0.6 is 11.8 Å². The third-order valence-electron chi connectivity index (χ3n) is 2.66. The highest BCUT2D eigenvalue weighted by atomic mass is 32.2. The number of aliphatic carboxylic acids is 1. The van der Waals surface area contributed by atoms with Gasteiger partial charge in [0, 0.05) is 11.9 Å². The fraction of sp³-hybridized carbons (Fsp3) is 0.364. The van der Waals surface area contributed by atoms with Gasteiger partial charge >= 0.3 is 5.97 Å². The molecule has 2 rings (SSSR count). The van der Waals surface area contributed by atoms with E-state index in [1.807, 2.05) is 0 Å². The monoisotopic (exact) mass is 268 g/mol. The van der Waals surface area contributed by atoms with Crippen LogP contribution in [0.25, 0.3) is 0 Å². The Morgan fingerprint density at radius 3 is 3.06 bits per heavy atom. The number of carboxylic acid groups (broad SMARTS) is 1. The number of carbonyl (C=O) groups is 2. The van der Waals surface area contributed by atoms with Gasteiger partial charge in [0.2, 0.25) is 0 Å². The highest BCUT2D eigenvalue weighted by Crippen LogP contribution is 2.26. The molecule has 1 fully saturated rings. The second-order valence-corrected chi connectivity index (χ2v) is 4.70. The summed E-state index contributed by atoms with van der Waals surface area (Å²) in [6.45, 7) is 0. The van der Waals surface area contributed by atoms with Crippen molar-refractivity contribution >= 4 is 23.6 Å². The molecular weight excluding hydrogens is 256 g/mol. The van der Waals surface area contributed by atoms with Crippen molar-refractivity contribution in [1.29, 1.82) is 0 Å². The normalized spacial score (nSPS) is 18.7. The number of thioether (sulfide) groups is 1. The molecule has 1 aliphatic rings. The number of carbonyl (C=O) groups excluding carboxylic acids is 1. The fourth-order valence-corrected chi connectivity index (χ4v) is 2.87. The lowest BCUT2D eigenvalue weighted by atomic mass is 10.2. The second-order valence-electron chi connectivity index (χ2n) is 3.70. The molecule has 1 aromatic rings. The summed E-state index contributed by atoms with van der Waals surface area (Å²) in [6.07, 6.45) is 2.92. The molecule has 1 amide bonds. The summed E-state index contributed by atoms with van der Waals surface area (Å²) < 4.78 is 5.06. The zero-order valence-electron chi connectivity index (χ0n) is 9.70. The largest absolute Gasteiger partial charge is 0.494 e. The Kier molecular flexibility index (Phi) is 3.71. The number of methoxy groups -OCH3 is 1. The van der Waals surface area contributed by atoms with Gasteiger partial charge in [0.25, 0.3) is 5.91 Å². The van der Waals surface area contributed by atoms with Crippen LogP contribution in [-0.2, 0) is 4.79 Å². The van der Waals surface area contributed by atoms with Gasteiger partial charge in [-0.1, -0.05) is 0 Å². The highest BCUT2D eigenvalue weighted by Gasteiger charge is 2.35. The quantitative estimate of drug-likeness (QED) is 0.868. The van der Waals surface area contributed by atoms with Crippen LogP contribution in [0.5, 0.6) is 5.75 Å². The van der Waals surface area contributed by atoms with E-state index in [0.29, 0.717) is 22.9 Å². The number of carboxylic acids is 1. The minimum atomic E-state index is -0.985. The van der Waals surface area contributed by atoms with Crippen LogP contribution in [0.2, 0.25) is 0 Å². The Labute approximate surface area is 108 Å². The van der Waals surface area contributed by atoms with Crippen LogP contribution in [0, 0.1) is 0 Å². The Morgan fingerprint density at radius 2 is 2.39 bits per heavy atom. The molecule has 6 nitrogen and oxygen atoms in total. The van der Waals surface area contributed by atoms with Crippen LogP contribution in [0.3, 0.4) is 0 Å². The molecule has 0 aromatic carbocycles. The summed E-state index contributed by atoms with van der Waals surface area (Å²) in [5.41, 5.74) is 0.334. The molecule has 0 spiro atoms. The summed E-state index contributed by atoms with van der Waals surface area (Å²) >= 11 is 1.42. The average Bonchev–Trinajstić information content (AvgIpc) is 2.87. The first kappa shape index (κ1) is 12.7. The van der Waals surface area contributed by atoms with Crippen molar-refractivity contribution < 1.29 is 19.4 Å². The lowest BCUT2D eigenvalue weighted by Gasteiger charge is -2.21. The minimum absolute atomic E-state index is 0.334. The van der Waals surface area contributed by atoms with Gasteiger partial charge in [-0.25, -0.2) is 4.79 Å². The molecule has 18 heavy (non-hydrogen) atoms. The molecule has 7 heteroatoms. The zero-order valence-corrected chi connectivity index (χ0v) is 10.5. The Hall–Kier alpha value is -1.76. The van der Waals surface area contributed by atoms with Crippen molar-refractivity contribution in [3.05, 3.63) is 24.0 Å². The third kappa shape index (κ3) is 2.26. The predicted octanol–water partition coefficient (Wildman–Crippen LogP) is 0.690. The Bertz CT molecular complexity index is 480. The maximum absolute atomic E-state index is 12.3. The number of aromatic nitrogens is 1. The number of rotatable bonds is 3. The summed E-state index contributed by atoms with van der Waals surface area (Å²) in [6, 6.07) is 0.753. The average molecular weight is 268 g/mol. The van der Waals surface area contributed by atoms with Gasteiger partial charge in [0.15, 0.2) is 0 Å². The second kappa shape index (κ2) is 5.26. The van der Waals surface area contributed by atoms with E-state index in [1.54, 1.807) is 0 Å². The molecule has 1 N–H and O–H groups in total.